The Bertz CT molecular complexity index is 1160. The van der Waals surface area contributed by atoms with Crippen molar-refractivity contribution in [2.75, 3.05) is 87.8 Å². The lowest BCUT2D eigenvalue weighted by atomic mass is 10.0. The maximum Gasteiger partial charge on any atom is 0.281 e. The number of carbonyl (C=O) groups excluding carboxylic acids is 1. The molecule has 5 rings (SSSR count). The number of alkyl halides is 2. The molecular formula is C25H36F2N10O3. The lowest BCUT2D eigenvalue weighted by molar-refractivity contribution is -0.137. The molecule has 3 N–H and O–H groups in total. The van der Waals surface area contributed by atoms with Gasteiger partial charge in [0.2, 0.25) is 23.8 Å². The van der Waals surface area contributed by atoms with Crippen LogP contribution in [-0.4, -0.2) is 114 Å². The van der Waals surface area contributed by atoms with Gasteiger partial charge in [0.15, 0.2) is 5.82 Å². The van der Waals surface area contributed by atoms with Gasteiger partial charge in [-0.25, -0.2) is 18.7 Å². The van der Waals surface area contributed by atoms with Crippen LogP contribution in [0.5, 0.6) is 0 Å². The van der Waals surface area contributed by atoms with Crippen molar-refractivity contribution in [3.05, 3.63) is 11.9 Å². The summed E-state index contributed by atoms with van der Waals surface area (Å²) in [5, 5.41) is 3.35. The number of nitrogens with one attached hydrogen (secondary N) is 1. The number of piperidine rings is 1. The summed E-state index contributed by atoms with van der Waals surface area (Å²) in [6.07, 6.45) is 0.567. The molecule has 2 aromatic rings. The van der Waals surface area contributed by atoms with Gasteiger partial charge >= 0.3 is 0 Å². The molecule has 15 heteroatoms. The highest BCUT2D eigenvalue weighted by atomic mass is 19.3. The van der Waals surface area contributed by atoms with Gasteiger partial charge in [0.1, 0.15) is 12.3 Å². The molecule has 2 atom stereocenters. The number of nitrogens with two attached hydrogens (primary N) is 1. The lowest BCUT2D eigenvalue weighted by Gasteiger charge is -2.36. The van der Waals surface area contributed by atoms with E-state index in [1.54, 1.807) is 4.90 Å². The summed E-state index contributed by atoms with van der Waals surface area (Å²) >= 11 is 0. The van der Waals surface area contributed by atoms with Gasteiger partial charge in [0.05, 0.1) is 31.4 Å². The summed E-state index contributed by atoms with van der Waals surface area (Å²) < 4.78 is 39.0. The first-order valence-corrected chi connectivity index (χ1v) is 13.7. The summed E-state index contributed by atoms with van der Waals surface area (Å²) in [6.45, 7) is 7.97. The number of hydrogen-bond donors (Lipinski definition) is 2. The van der Waals surface area contributed by atoms with Crippen LogP contribution >= 0.6 is 0 Å². The van der Waals surface area contributed by atoms with E-state index in [0.717, 1.165) is 25.9 Å². The molecule has 0 saturated carbocycles. The summed E-state index contributed by atoms with van der Waals surface area (Å²) in [5.74, 6) is 0.870. The average Bonchev–Trinajstić information content (AvgIpc) is 2.97. The van der Waals surface area contributed by atoms with Crippen LogP contribution in [0.25, 0.3) is 11.4 Å². The van der Waals surface area contributed by atoms with Gasteiger partial charge in [-0.3, -0.25) is 4.79 Å². The Morgan fingerprint density at radius 3 is 2.70 bits per heavy atom. The Morgan fingerprint density at radius 1 is 1.18 bits per heavy atom. The monoisotopic (exact) mass is 562 g/mol. The van der Waals surface area contributed by atoms with E-state index in [-0.39, 0.29) is 35.9 Å². The van der Waals surface area contributed by atoms with Gasteiger partial charge in [-0.2, -0.15) is 15.0 Å². The number of amides is 1. The van der Waals surface area contributed by atoms with E-state index in [1.807, 2.05) is 16.7 Å². The van der Waals surface area contributed by atoms with Crippen LogP contribution in [0, 0.1) is 5.92 Å². The molecule has 0 aromatic carbocycles. The number of nitrogens with zero attached hydrogens (tertiary/aromatic N) is 8. The van der Waals surface area contributed by atoms with Crippen LogP contribution in [0.3, 0.4) is 0 Å². The summed E-state index contributed by atoms with van der Waals surface area (Å²) in [4.78, 5) is 39.9. The predicted molar refractivity (Wildman–Crippen MR) is 143 cm³/mol. The maximum atomic E-state index is 13.9. The Hall–Kier alpha value is -3.30. The number of morpholine rings is 1. The Morgan fingerprint density at radius 2 is 1.98 bits per heavy atom. The van der Waals surface area contributed by atoms with Crippen molar-refractivity contribution < 1.29 is 23.0 Å². The smallest absolute Gasteiger partial charge is 0.281 e. The van der Waals surface area contributed by atoms with Gasteiger partial charge in [-0.1, -0.05) is 0 Å². The zero-order valence-corrected chi connectivity index (χ0v) is 22.6. The zero-order chi connectivity index (χ0) is 28.1. The Labute approximate surface area is 231 Å². The molecule has 1 amide bonds. The maximum absolute atomic E-state index is 13.9. The third-order valence-electron chi connectivity index (χ3n) is 7.41. The highest BCUT2D eigenvalue weighted by Crippen LogP contribution is 2.30. The van der Waals surface area contributed by atoms with Crippen LogP contribution in [0.1, 0.15) is 31.9 Å². The fourth-order valence-corrected chi connectivity index (χ4v) is 5.14. The summed E-state index contributed by atoms with van der Waals surface area (Å²) in [5.41, 5.74) is 5.04. The molecule has 3 aliphatic rings. The summed E-state index contributed by atoms with van der Waals surface area (Å²) in [7, 11) is 0. The van der Waals surface area contributed by atoms with Crippen LogP contribution in [0.15, 0.2) is 6.20 Å². The normalized spacial score (nSPS) is 22.1. The topological polar surface area (TPSA) is 148 Å². The number of halogens is 2. The first kappa shape index (κ1) is 28.2. The van der Waals surface area contributed by atoms with Crippen molar-refractivity contribution in [1.29, 1.82) is 0 Å². The molecule has 40 heavy (non-hydrogen) atoms. The first-order chi connectivity index (χ1) is 19.4. The SMILES string of the molecule is CC1COCCN1c1nc(-c2cnc(N)nc2C(F)F)nc(N2CCN(C(=O)COCC3CCCNC3)CC2)n1. The molecule has 3 saturated heterocycles. The van der Waals surface area contributed by atoms with Crippen molar-refractivity contribution in [1.82, 2.24) is 35.1 Å². The number of anilines is 3. The molecule has 13 nitrogen and oxygen atoms in total. The second-order valence-electron chi connectivity index (χ2n) is 10.3. The minimum atomic E-state index is -2.89. The first-order valence-electron chi connectivity index (χ1n) is 13.7. The van der Waals surface area contributed by atoms with Crippen molar-refractivity contribution in [2.45, 2.75) is 32.2 Å². The molecular weight excluding hydrogens is 526 g/mol. The molecule has 218 valence electrons. The van der Waals surface area contributed by atoms with E-state index in [9.17, 15) is 13.6 Å². The lowest BCUT2D eigenvalue weighted by Crippen LogP contribution is -2.50. The second-order valence-corrected chi connectivity index (χ2v) is 10.3. The number of hydrogen-bond acceptors (Lipinski definition) is 12. The van der Waals surface area contributed by atoms with Crippen molar-refractivity contribution >= 4 is 23.8 Å². The highest BCUT2D eigenvalue weighted by molar-refractivity contribution is 5.77. The van der Waals surface area contributed by atoms with Crippen molar-refractivity contribution in [3.8, 4) is 11.4 Å². The Balaban J connectivity index is 1.31. The van der Waals surface area contributed by atoms with Crippen LogP contribution in [0.4, 0.5) is 26.6 Å². The standard InChI is InChI=1S/C25H36F2N10O3/c1-16-13-39-10-9-37(16)25-33-22(18-12-30-23(28)31-20(18)21(26)27)32-24(34-25)36-7-5-35(6-8-36)19(38)15-40-14-17-3-2-4-29-11-17/h12,16-17,21,29H,2-11,13-15H2,1H3,(H2,28,30,31). The number of aromatic nitrogens is 5. The molecule has 0 spiro atoms. The minimum Gasteiger partial charge on any atom is -0.377 e. The quantitative estimate of drug-likeness (QED) is 0.468. The van der Waals surface area contributed by atoms with E-state index in [0.29, 0.717) is 70.4 Å². The predicted octanol–water partition coefficient (Wildman–Crippen LogP) is 0.738. The second kappa shape index (κ2) is 12.9. The number of rotatable bonds is 8. The molecule has 2 unspecified atom stereocenters. The van der Waals surface area contributed by atoms with E-state index >= 15 is 0 Å². The third kappa shape index (κ3) is 6.70. The van der Waals surface area contributed by atoms with Crippen LogP contribution in [0.2, 0.25) is 0 Å². The average molecular weight is 563 g/mol. The number of piperazine rings is 1. The van der Waals surface area contributed by atoms with Gasteiger partial charge < -0.3 is 35.2 Å². The minimum absolute atomic E-state index is 0.00543. The Kier molecular flexibility index (Phi) is 9.11. The van der Waals surface area contributed by atoms with Crippen molar-refractivity contribution in [3.63, 3.8) is 0 Å². The van der Waals surface area contributed by atoms with Gasteiger partial charge in [-0.05, 0) is 32.2 Å². The molecule has 3 fully saturated rings. The van der Waals surface area contributed by atoms with Crippen LogP contribution in [-0.2, 0) is 14.3 Å². The van der Waals surface area contributed by atoms with E-state index in [4.69, 9.17) is 20.2 Å². The zero-order valence-electron chi connectivity index (χ0n) is 22.6. The third-order valence-corrected chi connectivity index (χ3v) is 7.41. The molecule has 0 aliphatic carbocycles. The van der Waals surface area contributed by atoms with Gasteiger partial charge in [0.25, 0.3) is 6.43 Å². The summed E-state index contributed by atoms with van der Waals surface area (Å²) in [6, 6.07) is -0.0204. The van der Waals surface area contributed by atoms with Gasteiger partial charge in [0, 0.05) is 45.5 Å². The largest absolute Gasteiger partial charge is 0.377 e. The highest BCUT2D eigenvalue weighted by Gasteiger charge is 2.29. The number of nitrogen functional groups attached to an aromatic ring is 1. The fraction of sp³-hybridized carbons (Fsp3) is 0.680. The molecule has 0 bridgehead atoms. The van der Waals surface area contributed by atoms with E-state index < -0.39 is 12.1 Å². The molecule has 2 aromatic heterocycles. The van der Waals surface area contributed by atoms with Gasteiger partial charge in [-0.15, -0.1) is 0 Å². The van der Waals surface area contributed by atoms with Crippen LogP contribution < -0.4 is 20.9 Å². The fourth-order valence-electron chi connectivity index (χ4n) is 5.14. The molecule has 3 aliphatic heterocycles. The molecule has 0 radical (unpaired) electrons. The molecule has 5 heterocycles. The number of carbonyl (C=O) groups is 1. The van der Waals surface area contributed by atoms with E-state index in [2.05, 4.69) is 25.3 Å². The number of ether oxygens (including phenoxy) is 2. The van der Waals surface area contributed by atoms with E-state index in [1.165, 1.54) is 6.20 Å². The van der Waals surface area contributed by atoms with Crippen molar-refractivity contribution in [2.24, 2.45) is 5.92 Å².